The zero-order valence-electron chi connectivity index (χ0n) is 12.2. The summed E-state index contributed by atoms with van der Waals surface area (Å²) in [6.07, 6.45) is 4.46. The van der Waals surface area contributed by atoms with Gasteiger partial charge < -0.3 is 11.1 Å². The van der Waals surface area contributed by atoms with Crippen molar-refractivity contribution in [3.63, 3.8) is 0 Å². The number of fused-ring (bicyclic) bond motifs is 1. The first-order valence-electron chi connectivity index (χ1n) is 7.26. The van der Waals surface area contributed by atoms with Crippen LogP contribution in [0.25, 0.3) is 5.52 Å². The van der Waals surface area contributed by atoms with Crippen LogP contribution in [0.4, 0.5) is 0 Å². The van der Waals surface area contributed by atoms with Crippen molar-refractivity contribution in [1.82, 2.24) is 14.9 Å². The van der Waals surface area contributed by atoms with Crippen LogP contribution >= 0.6 is 0 Å². The van der Waals surface area contributed by atoms with E-state index in [2.05, 4.69) is 10.4 Å². The molecule has 0 saturated heterocycles. The van der Waals surface area contributed by atoms with Crippen LogP contribution in [0, 0.1) is 0 Å². The fourth-order valence-corrected chi connectivity index (χ4v) is 2.43. The van der Waals surface area contributed by atoms with Gasteiger partial charge in [-0.25, -0.2) is 4.52 Å². The summed E-state index contributed by atoms with van der Waals surface area (Å²) in [7, 11) is 0. The molecule has 0 bridgehead atoms. The van der Waals surface area contributed by atoms with Gasteiger partial charge in [-0.05, 0) is 48.4 Å². The standard InChI is InChI=1S/C17H18N4O/c18-9-7-13-3-5-14(6-4-13)17(22)19-12-15-2-1-11-21-16(15)8-10-20-21/h1-6,8,10-11H,7,9,12,18H2,(H,19,22). The lowest BCUT2D eigenvalue weighted by molar-refractivity contribution is 0.0951. The van der Waals surface area contributed by atoms with E-state index >= 15 is 0 Å². The smallest absolute Gasteiger partial charge is 0.251 e. The Morgan fingerprint density at radius 3 is 2.77 bits per heavy atom. The van der Waals surface area contributed by atoms with Crippen LogP contribution in [0.2, 0.25) is 0 Å². The van der Waals surface area contributed by atoms with Gasteiger partial charge in [0.05, 0.1) is 5.52 Å². The summed E-state index contributed by atoms with van der Waals surface area (Å²) in [6, 6.07) is 13.4. The molecule has 0 radical (unpaired) electrons. The predicted octanol–water partition coefficient (Wildman–Crippen LogP) is 1.77. The third-order valence-corrected chi connectivity index (χ3v) is 3.61. The SMILES string of the molecule is NCCc1ccc(C(=O)NCc2cccn3nccc23)cc1. The van der Waals surface area contributed by atoms with Crippen molar-refractivity contribution >= 4 is 11.4 Å². The number of hydrogen-bond donors (Lipinski definition) is 2. The maximum absolute atomic E-state index is 12.2. The molecule has 22 heavy (non-hydrogen) atoms. The van der Waals surface area contributed by atoms with Gasteiger partial charge in [0.1, 0.15) is 0 Å². The normalized spacial score (nSPS) is 10.8. The Balaban J connectivity index is 1.68. The largest absolute Gasteiger partial charge is 0.348 e. The van der Waals surface area contributed by atoms with E-state index in [0.717, 1.165) is 23.1 Å². The molecule has 0 saturated carbocycles. The van der Waals surface area contributed by atoms with E-state index in [1.54, 1.807) is 10.7 Å². The first kappa shape index (κ1) is 14.3. The van der Waals surface area contributed by atoms with E-state index in [-0.39, 0.29) is 5.91 Å². The number of carbonyl (C=O) groups excluding carboxylic acids is 1. The second-order valence-corrected chi connectivity index (χ2v) is 5.11. The lowest BCUT2D eigenvalue weighted by Gasteiger charge is -2.07. The lowest BCUT2D eigenvalue weighted by Crippen LogP contribution is -2.23. The van der Waals surface area contributed by atoms with Gasteiger partial charge in [-0.3, -0.25) is 4.79 Å². The van der Waals surface area contributed by atoms with Gasteiger partial charge >= 0.3 is 0 Å². The van der Waals surface area contributed by atoms with Crippen molar-refractivity contribution in [1.29, 1.82) is 0 Å². The second kappa shape index (κ2) is 6.41. The van der Waals surface area contributed by atoms with Crippen LogP contribution in [0.15, 0.2) is 54.9 Å². The summed E-state index contributed by atoms with van der Waals surface area (Å²) in [6.45, 7) is 1.08. The summed E-state index contributed by atoms with van der Waals surface area (Å²) in [5.74, 6) is -0.0826. The fraction of sp³-hybridized carbons (Fsp3) is 0.176. The quantitative estimate of drug-likeness (QED) is 0.753. The Morgan fingerprint density at radius 1 is 1.18 bits per heavy atom. The molecule has 0 aliphatic rings. The zero-order valence-corrected chi connectivity index (χ0v) is 12.2. The van der Waals surface area contributed by atoms with Crippen LogP contribution < -0.4 is 11.1 Å². The third kappa shape index (κ3) is 2.99. The monoisotopic (exact) mass is 294 g/mol. The number of amides is 1. The first-order valence-corrected chi connectivity index (χ1v) is 7.26. The Bertz CT molecular complexity index is 777. The van der Waals surface area contributed by atoms with Gasteiger partial charge in [-0.15, -0.1) is 0 Å². The number of rotatable bonds is 5. The van der Waals surface area contributed by atoms with Crippen LogP contribution in [-0.4, -0.2) is 22.1 Å². The van der Waals surface area contributed by atoms with Gasteiger partial charge in [0.2, 0.25) is 0 Å². The van der Waals surface area contributed by atoms with Crippen molar-refractivity contribution < 1.29 is 4.79 Å². The summed E-state index contributed by atoms with van der Waals surface area (Å²) < 4.78 is 1.79. The molecule has 1 amide bonds. The minimum atomic E-state index is -0.0826. The summed E-state index contributed by atoms with van der Waals surface area (Å²) in [5.41, 5.74) is 9.35. The van der Waals surface area contributed by atoms with Crippen molar-refractivity contribution in [2.45, 2.75) is 13.0 Å². The molecular formula is C17H18N4O. The van der Waals surface area contributed by atoms with Gasteiger partial charge in [0.15, 0.2) is 0 Å². The number of aromatic nitrogens is 2. The maximum Gasteiger partial charge on any atom is 0.251 e. The number of pyridine rings is 1. The van der Waals surface area contributed by atoms with E-state index in [4.69, 9.17) is 5.73 Å². The first-order chi connectivity index (χ1) is 10.8. The number of nitrogens with two attached hydrogens (primary N) is 1. The van der Waals surface area contributed by atoms with Crippen molar-refractivity contribution in [2.24, 2.45) is 5.73 Å². The minimum Gasteiger partial charge on any atom is -0.348 e. The summed E-state index contributed by atoms with van der Waals surface area (Å²) in [4.78, 5) is 12.2. The predicted molar refractivity (Wildman–Crippen MR) is 85.6 cm³/mol. The maximum atomic E-state index is 12.2. The van der Waals surface area contributed by atoms with E-state index in [1.165, 1.54) is 0 Å². The summed E-state index contributed by atoms with van der Waals surface area (Å²) in [5, 5.41) is 7.13. The van der Waals surface area contributed by atoms with E-state index < -0.39 is 0 Å². The Morgan fingerprint density at radius 2 is 2.00 bits per heavy atom. The molecule has 0 atom stereocenters. The zero-order chi connectivity index (χ0) is 15.4. The van der Waals surface area contributed by atoms with Gasteiger partial charge in [0.25, 0.3) is 5.91 Å². The average molecular weight is 294 g/mol. The lowest BCUT2D eigenvalue weighted by atomic mass is 10.1. The topological polar surface area (TPSA) is 72.4 Å². The molecule has 112 valence electrons. The van der Waals surface area contributed by atoms with E-state index in [1.807, 2.05) is 48.7 Å². The van der Waals surface area contributed by atoms with Crippen molar-refractivity contribution in [2.75, 3.05) is 6.54 Å². The molecule has 2 aromatic heterocycles. The van der Waals surface area contributed by atoms with Crippen LogP contribution in [-0.2, 0) is 13.0 Å². The molecule has 1 aromatic carbocycles. The number of benzene rings is 1. The van der Waals surface area contributed by atoms with Crippen molar-refractivity contribution in [3.05, 3.63) is 71.5 Å². The van der Waals surface area contributed by atoms with Crippen molar-refractivity contribution in [3.8, 4) is 0 Å². The molecule has 3 rings (SSSR count). The second-order valence-electron chi connectivity index (χ2n) is 5.11. The molecule has 3 aromatic rings. The molecule has 0 aliphatic heterocycles. The molecular weight excluding hydrogens is 276 g/mol. The Hall–Kier alpha value is -2.66. The molecule has 0 unspecified atom stereocenters. The molecule has 2 heterocycles. The minimum absolute atomic E-state index is 0.0826. The number of nitrogens with one attached hydrogen (secondary N) is 1. The van der Waals surface area contributed by atoms with Gasteiger partial charge in [-0.2, -0.15) is 5.10 Å². The Labute approximate surface area is 128 Å². The summed E-state index contributed by atoms with van der Waals surface area (Å²) >= 11 is 0. The molecule has 5 nitrogen and oxygen atoms in total. The fourth-order valence-electron chi connectivity index (χ4n) is 2.43. The van der Waals surface area contributed by atoms with Crippen LogP contribution in [0.1, 0.15) is 21.5 Å². The number of carbonyl (C=O) groups is 1. The number of nitrogens with zero attached hydrogens (tertiary/aromatic N) is 2. The molecule has 3 N–H and O–H groups in total. The Kier molecular flexibility index (Phi) is 4.16. The molecule has 5 heteroatoms. The van der Waals surface area contributed by atoms with E-state index in [9.17, 15) is 4.79 Å². The molecule has 0 spiro atoms. The third-order valence-electron chi connectivity index (χ3n) is 3.61. The van der Waals surface area contributed by atoms with Crippen LogP contribution in [0.5, 0.6) is 0 Å². The molecule has 0 aliphatic carbocycles. The van der Waals surface area contributed by atoms with Crippen LogP contribution in [0.3, 0.4) is 0 Å². The van der Waals surface area contributed by atoms with E-state index in [0.29, 0.717) is 18.7 Å². The highest BCUT2D eigenvalue weighted by Crippen LogP contribution is 2.10. The highest BCUT2D eigenvalue weighted by atomic mass is 16.1. The van der Waals surface area contributed by atoms with Gasteiger partial charge in [0, 0.05) is 24.5 Å². The molecule has 0 fully saturated rings. The highest BCUT2D eigenvalue weighted by Gasteiger charge is 2.07. The number of hydrogen-bond acceptors (Lipinski definition) is 3. The highest BCUT2D eigenvalue weighted by molar-refractivity contribution is 5.94. The average Bonchev–Trinajstić information content (AvgIpc) is 3.03. The van der Waals surface area contributed by atoms with Gasteiger partial charge in [-0.1, -0.05) is 18.2 Å².